The highest BCUT2D eigenvalue weighted by Crippen LogP contribution is 2.34. The van der Waals surface area contributed by atoms with Gasteiger partial charge in [-0.2, -0.15) is 0 Å². The van der Waals surface area contributed by atoms with Crippen LogP contribution in [0.15, 0.2) is 84.9 Å². The van der Waals surface area contributed by atoms with Crippen molar-refractivity contribution in [3.05, 3.63) is 90.5 Å². The van der Waals surface area contributed by atoms with Crippen molar-refractivity contribution in [2.24, 2.45) is 11.8 Å². The van der Waals surface area contributed by atoms with E-state index < -0.39 is 25.5 Å². The minimum absolute atomic E-state index is 0.129. The van der Waals surface area contributed by atoms with Crippen molar-refractivity contribution in [3.63, 3.8) is 0 Å². The zero-order valence-corrected chi connectivity index (χ0v) is 25.5. The molecule has 0 radical (unpaired) electrons. The topological polar surface area (TPSA) is 87.3 Å². The van der Waals surface area contributed by atoms with E-state index in [1.165, 1.54) is 0 Å². The van der Waals surface area contributed by atoms with Crippen LogP contribution in [0.3, 0.4) is 0 Å². The lowest BCUT2D eigenvalue weighted by Crippen LogP contribution is -2.58. The number of hydrogen-bond acceptors (Lipinski definition) is 3. The number of nitrogens with one attached hydrogen (secondary N) is 3. The highest BCUT2D eigenvalue weighted by atomic mass is 31.1. The second kappa shape index (κ2) is 13.7. The monoisotopic (exact) mass is 559 g/mol. The average molecular weight is 560 g/mol. The summed E-state index contributed by atoms with van der Waals surface area (Å²) in [4.78, 5) is 40.3. The van der Waals surface area contributed by atoms with Crippen LogP contribution in [-0.4, -0.2) is 35.3 Å². The summed E-state index contributed by atoms with van der Waals surface area (Å²) >= 11 is 0. The minimum Gasteiger partial charge on any atom is -0.350 e. The molecule has 3 aromatic rings. The molecule has 3 rings (SSSR count). The molecule has 0 heterocycles. The van der Waals surface area contributed by atoms with Gasteiger partial charge in [-0.3, -0.25) is 14.4 Å². The van der Waals surface area contributed by atoms with Crippen LogP contribution in [0.5, 0.6) is 0 Å². The van der Waals surface area contributed by atoms with E-state index in [9.17, 15) is 14.4 Å². The second-order valence-electron chi connectivity index (χ2n) is 11.7. The Labute approximate surface area is 240 Å². The van der Waals surface area contributed by atoms with Gasteiger partial charge in [-0.15, -0.1) is 0 Å². The van der Waals surface area contributed by atoms with Crippen molar-refractivity contribution >= 4 is 41.6 Å². The lowest BCUT2D eigenvalue weighted by molar-refractivity contribution is -0.132. The molecule has 3 N–H and O–H groups in total. The molecule has 0 unspecified atom stereocenters. The summed E-state index contributed by atoms with van der Waals surface area (Å²) in [5, 5.41) is 12.0. The molecule has 2 atom stereocenters. The first-order chi connectivity index (χ1) is 18.9. The molecule has 0 saturated carbocycles. The largest absolute Gasteiger partial charge is 0.350 e. The van der Waals surface area contributed by atoms with Crippen molar-refractivity contribution < 1.29 is 14.4 Å². The van der Waals surface area contributed by atoms with Gasteiger partial charge < -0.3 is 16.0 Å². The van der Waals surface area contributed by atoms with Gasteiger partial charge in [0.05, 0.1) is 0 Å². The molecule has 212 valence electrons. The normalized spacial score (nSPS) is 13.2. The summed E-state index contributed by atoms with van der Waals surface area (Å²) in [7, 11) is -1.01. The number of amides is 3. The van der Waals surface area contributed by atoms with Gasteiger partial charge in [0.1, 0.15) is 12.1 Å². The fourth-order valence-corrected chi connectivity index (χ4v) is 6.87. The van der Waals surface area contributed by atoms with Crippen LogP contribution in [0.2, 0.25) is 0 Å². The maximum atomic E-state index is 13.8. The molecule has 7 heteroatoms. The zero-order chi connectivity index (χ0) is 29.4. The molecule has 3 amide bonds. The van der Waals surface area contributed by atoms with Crippen LogP contribution < -0.4 is 31.9 Å². The third-order valence-electron chi connectivity index (χ3n) is 6.40. The van der Waals surface area contributed by atoms with Gasteiger partial charge in [0.15, 0.2) is 0 Å². The fraction of sp³-hybridized carbons (Fsp3) is 0.364. The maximum Gasteiger partial charge on any atom is 0.252 e. The van der Waals surface area contributed by atoms with Gasteiger partial charge in [-0.1, -0.05) is 107 Å². The number of benzene rings is 3. The second-order valence-corrected chi connectivity index (χ2v) is 13.9. The van der Waals surface area contributed by atoms with E-state index in [2.05, 4.69) is 40.2 Å². The lowest BCUT2D eigenvalue weighted by atomic mass is 9.98. The van der Waals surface area contributed by atoms with E-state index >= 15 is 0 Å². The van der Waals surface area contributed by atoms with Crippen LogP contribution in [-0.2, 0) is 9.59 Å². The first-order valence-electron chi connectivity index (χ1n) is 13.8. The third kappa shape index (κ3) is 8.25. The Balaban J connectivity index is 1.92. The molecule has 40 heavy (non-hydrogen) atoms. The first kappa shape index (κ1) is 31.0. The quantitative estimate of drug-likeness (QED) is 0.325. The van der Waals surface area contributed by atoms with Crippen LogP contribution in [0, 0.1) is 11.8 Å². The van der Waals surface area contributed by atoms with E-state index in [0.29, 0.717) is 5.56 Å². The van der Waals surface area contributed by atoms with E-state index in [0.717, 1.165) is 15.9 Å². The minimum atomic E-state index is -1.01. The Morgan fingerprint density at radius 2 is 1.07 bits per heavy atom. The van der Waals surface area contributed by atoms with Gasteiger partial charge in [0.25, 0.3) is 5.91 Å². The van der Waals surface area contributed by atoms with Crippen molar-refractivity contribution in [3.8, 4) is 0 Å². The van der Waals surface area contributed by atoms with E-state index in [1.54, 1.807) is 0 Å². The molecular weight excluding hydrogens is 517 g/mol. The molecule has 0 spiro atoms. The molecule has 6 nitrogen and oxygen atoms in total. The van der Waals surface area contributed by atoms with Crippen LogP contribution >= 0.6 is 7.92 Å². The Bertz CT molecular complexity index is 1250. The molecule has 0 aliphatic rings. The molecule has 0 aliphatic heterocycles. The van der Waals surface area contributed by atoms with Gasteiger partial charge >= 0.3 is 0 Å². The maximum absolute atomic E-state index is 13.8. The predicted octanol–water partition coefficient (Wildman–Crippen LogP) is 4.25. The molecule has 3 aromatic carbocycles. The molecular formula is C33H42N3O3P. The summed E-state index contributed by atoms with van der Waals surface area (Å²) in [5.74, 6) is -1.26. The summed E-state index contributed by atoms with van der Waals surface area (Å²) in [6, 6.07) is 26.4. The highest BCUT2D eigenvalue weighted by molar-refractivity contribution is 7.80. The number of hydrogen-bond donors (Lipinski definition) is 3. The lowest BCUT2D eigenvalue weighted by Gasteiger charge is -2.30. The highest BCUT2D eigenvalue weighted by Gasteiger charge is 2.32. The molecule has 0 fully saturated rings. The number of carbonyl (C=O) groups is 3. The molecule has 0 bridgehead atoms. The Morgan fingerprint density at radius 1 is 0.625 bits per heavy atom. The summed E-state index contributed by atoms with van der Waals surface area (Å²) in [6.45, 7) is 13.3. The zero-order valence-electron chi connectivity index (χ0n) is 24.6. The predicted molar refractivity (Wildman–Crippen MR) is 166 cm³/mol. The molecule has 0 aromatic heterocycles. The van der Waals surface area contributed by atoms with Crippen LogP contribution in [0.1, 0.15) is 58.8 Å². The Morgan fingerprint density at radius 3 is 1.55 bits per heavy atom. The van der Waals surface area contributed by atoms with Crippen molar-refractivity contribution in [2.45, 2.75) is 66.1 Å². The molecule has 0 aliphatic carbocycles. The Hall–Kier alpha value is -3.50. The summed E-state index contributed by atoms with van der Waals surface area (Å²) < 4.78 is 0. The van der Waals surface area contributed by atoms with Crippen molar-refractivity contribution in [1.29, 1.82) is 0 Å². The summed E-state index contributed by atoms with van der Waals surface area (Å²) in [5.41, 5.74) is 0.103. The number of carbonyl (C=O) groups excluding carboxylic acids is 3. The fourth-order valence-electron chi connectivity index (χ4n) is 4.42. The SMILES string of the molecule is CC(C)[C@H](NC(=O)c1ccccc1P(c1ccccc1)c1ccccc1)C(=O)N[C@H](C(=O)NC(C)(C)C)C(C)C. The van der Waals surface area contributed by atoms with Crippen LogP contribution in [0.4, 0.5) is 0 Å². The van der Waals surface area contributed by atoms with Gasteiger partial charge in [0, 0.05) is 11.1 Å². The van der Waals surface area contributed by atoms with Crippen molar-refractivity contribution in [2.75, 3.05) is 0 Å². The van der Waals surface area contributed by atoms with Crippen molar-refractivity contribution in [1.82, 2.24) is 16.0 Å². The summed E-state index contributed by atoms with van der Waals surface area (Å²) in [6.07, 6.45) is 0. The van der Waals surface area contributed by atoms with E-state index in [4.69, 9.17) is 0 Å². The molecule has 0 saturated heterocycles. The average Bonchev–Trinajstić information content (AvgIpc) is 2.90. The van der Waals surface area contributed by atoms with Crippen LogP contribution in [0.25, 0.3) is 0 Å². The van der Waals surface area contributed by atoms with Gasteiger partial charge in [0.2, 0.25) is 11.8 Å². The van der Waals surface area contributed by atoms with E-state index in [1.807, 2.05) is 109 Å². The smallest absolute Gasteiger partial charge is 0.252 e. The third-order valence-corrected chi connectivity index (χ3v) is 8.90. The Kier molecular flexibility index (Phi) is 10.6. The van der Waals surface area contributed by atoms with Gasteiger partial charge in [-0.25, -0.2) is 0 Å². The first-order valence-corrected chi connectivity index (χ1v) is 15.2. The standard InChI is InChI=1S/C33H42N3O3P/c1-22(2)28(31(38)35-29(23(3)4)32(39)36-33(5,6)7)34-30(37)26-20-14-15-21-27(26)40(24-16-10-8-11-17-24)25-18-12-9-13-19-25/h8-23,28-29H,1-7H3,(H,34,37)(H,35,38)(H,36,39)/t28-,29-/m0/s1. The van der Waals surface area contributed by atoms with E-state index in [-0.39, 0.29) is 29.6 Å². The number of rotatable bonds is 10. The van der Waals surface area contributed by atoms with Gasteiger partial charge in [-0.05, 0) is 62.5 Å².